The van der Waals surface area contributed by atoms with Crippen LogP contribution in [0.5, 0.6) is 0 Å². The Morgan fingerprint density at radius 2 is 1.68 bits per heavy atom. The standard InChI is InChI=1S/C22H23BrN2O3/c1-10-11(2)17(6-5-16(10)23)24-18(26)7-8-25-21(27)19-12-3-4-13(15-9-14(12)15)20(19)22(25)28/h3-6,12-15,19-20H,7-9H2,1-2H3,(H,24,26)/t12-,13-,14-,15-,19+,20+/m1/s1. The van der Waals surface area contributed by atoms with Crippen LogP contribution >= 0.6 is 15.9 Å². The lowest BCUT2D eigenvalue weighted by molar-refractivity contribution is -0.140. The molecule has 6 rings (SSSR count). The molecule has 1 aliphatic heterocycles. The van der Waals surface area contributed by atoms with Crippen molar-refractivity contribution in [2.24, 2.45) is 35.5 Å². The van der Waals surface area contributed by atoms with E-state index in [1.165, 1.54) is 4.90 Å². The molecule has 0 unspecified atom stereocenters. The van der Waals surface area contributed by atoms with Gasteiger partial charge in [0.25, 0.3) is 0 Å². The van der Waals surface area contributed by atoms with E-state index in [1.807, 2.05) is 26.0 Å². The molecule has 2 saturated carbocycles. The van der Waals surface area contributed by atoms with E-state index >= 15 is 0 Å². The van der Waals surface area contributed by atoms with Gasteiger partial charge in [-0.05, 0) is 67.2 Å². The van der Waals surface area contributed by atoms with Gasteiger partial charge in [0.2, 0.25) is 17.7 Å². The fourth-order valence-electron chi connectivity index (χ4n) is 5.59. The van der Waals surface area contributed by atoms with Crippen molar-refractivity contribution in [1.29, 1.82) is 0 Å². The lowest BCUT2D eigenvalue weighted by Gasteiger charge is -2.37. The average molecular weight is 443 g/mol. The van der Waals surface area contributed by atoms with Gasteiger partial charge in [-0.1, -0.05) is 28.1 Å². The number of halogens is 1. The van der Waals surface area contributed by atoms with Gasteiger partial charge >= 0.3 is 0 Å². The molecule has 0 aromatic heterocycles. The molecule has 1 aromatic carbocycles. The molecule has 5 nitrogen and oxygen atoms in total. The summed E-state index contributed by atoms with van der Waals surface area (Å²) in [4.78, 5) is 39.7. The monoisotopic (exact) mass is 442 g/mol. The van der Waals surface area contributed by atoms with E-state index in [0.29, 0.717) is 11.8 Å². The molecule has 1 heterocycles. The van der Waals surface area contributed by atoms with Gasteiger partial charge in [0.05, 0.1) is 11.8 Å². The topological polar surface area (TPSA) is 66.5 Å². The maximum absolute atomic E-state index is 12.9. The molecule has 146 valence electrons. The number of carbonyl (C=O) groups is 3. The molecule has 1 N–H and O–H groups in total. The predicted molar refractivity (Wildman–Crippen MR) is 108 cm³/mol. The summed E-state index contributed by atoms with van der Waals surface area (Å²) in [5, 5.41) is 2.92. The third-order valence-electron chi connectivity index (χ3n) is 7.31. The van der Waals surface area contributed by atoms with Crippen molar-refractivity contribution in [1.82, 2.24) is 4.90 Å². The zero-order valence-corrected chi connectivity index (χ0v) is 17.5. The summed E-state index contributed by atoms with van der Waals surface area (Å²) >= 11 is 3.49. The van der Waals surface area contributed by atoms with Gasteiger partial charge in [-0.2, -0.15) is 0 Å². The van der Waals surface area contributed by atoms with E-state index in [1.54, 1.807) is 0 Å². The number of hydrogen-bond donors (Lipinski definition) is 1. The average Bonchev–Trinajstić information content (AvgIpc) is 3.46. The molecule has 6 heteroatoms. The van der Waals surface area contributed by atoms with Crippen LogP contribution in [0.15, 0.2) is 28.8 Å². The van der Waals surface area contributed by atoms with Crippen molar-refractivity contribution in [2.45, 2.75) is 26.7 Å². The number of carbonyl (C=O) groups excluding carboxylic acids is 3. The zero-order valence-electron chi connectivity index (χ0n) is 15.9. The van der Waals surface area contributed by atoms with Crippen LogP contribution in [0.25, 0.3) is 0 Å². The molecule has 6 atom stereocenters. The molecule has 28 heavy (non-hydrogen) atoms. The van der Waals surface area contributed by atoms with E-state index in [-0.39, 0.29) is 54.4 Å². The van der Waals surface area contributed by atoms with Crippen LogP contribution in [0.2, 0.25) is 0 Å². The molecule has 4 aliphatic carbocycles. The number of amides is 3. The number of imide groups is 1. The smallest absolute Gasteiger partial charge is 0.233 e. The molecular formula is C22H23BrN2O3. The number of rotatable bonds is 4. The Labute approximate surface area is 172 Å². The summed E-state index contributed by atoms with van der Waals surface area (Å²) < 4.78 is 1.00. The molecule has 3 fully saturated rings. The largest absolute Gasteiger partial charge is 0.326 e. The van der Waals surface area contributed by atoms with Gasteiger partial charge in [0.1, 0.15) is 0 Å². The van der Waals surface area contributed by atoms with Crippen molar-refractivity contribution in [3.63, 3.8) is 0 Å². The van der Waals surface area contributed by atoms with Crippen LogP contribution in [-0.2, 0) is 14.4 Å². The lowest BCUT2D eigenvalue weighted by Crippen LogP contribution is -2.40. The number of nitrogens with one attached hydrogen (secondary N) is 1. The van der Waals surface area contributed by atoms with Crippen LogP contribution in [0.3, 0.4) is 0 Å². The Hall–Kier alpha value is -1.95. The van der Waals surface area contributed by atoms with E-state index < -0.39 is 0 Å². The van der Waals surface area contributed by atoms with Gasteiger partial charge in [-0.15, -0.1) is 0 Å². The second kappa shape index (κ2) is 6.28. The number of hydrogen-bond acceptors (Lipinski definition) is 3. The molecule has 0 radical (unpaired) electrons. The van der Waals surface area contributed by atoms with Crippen LogP contribution < -0.4 is 5.32 Å². The highest BCUT2D eigenvalue weighted by molar-refractivity contribution is 9.10. The van der Waals surface area contributed by atoms with Crippen LogP contribution in [0.4, 0.5) is 5.69 Å². The van der Waals surface area contributed by atoms with E-state index in [2.05, 4.69) is 33.4 Å². The highest BCUT2D eigenvalue weighted by Gasteiger charge is 2.66. The van der Waals surface area contributed by atoms with Crippen molar-refractivity contribution >= 4 is 39.3 Å². The third kappa shape index (κ3) is 2.53. The summed E-state index contributed by atoms with van der Waals surface area (Å²) in [5.41, 5.74) is 2.85. The van der Waals surface area contributed by atoms with Gasteiger partial charge in [0, 0.05) is 23.1 Å². The fraction of sp³-hybridized carbons (Fsp3) is 0.500. The minimum Gasteiger partial charge on any atom is -0.326 e. The number of nitrogens with zero attached hydrogens (tertiary/aromatic N) is 1. The number of allylic oxidation sites excluding steroid dienone is 2. The normalized spacial score (nSPS) is 34.5. The van der Waals surface area contributed by atoms with Gasteiger partial charge in [-0.3, -0.25) is 19.3 Å². The number of likely N-dealkylation sites (tertiary alicyclic amines) is 1. The summed E-state index contributed by atoms with van der Waals surface area (Å²) in [6.45, 7) is 4.12. The second-order valence-corrected chi connectivity index (χ2v) is 9.48. The Balaban J connectivity index is 1.25. The SMILES string of the molecule is Cc1c(Br)ccc(NC(=O)CCN2C(=O)[C@H]3[C@@H]4C=C[C@H]([C@H]5C[C@H]45)[C@@H]3C2=O)c1C. The highest BCUT2D eigenvalue weighted by Crippen LogP contribution is 2.65. The van der Waals surface area contributed by atoms with Crippen LogP contribution in [0, 0.1) is 49.4 Å². The summed E-state index contributed by atoms with van der Waals surface area (Å²) in [7, 11) is 0. The molecule has 5 aliphatic rings. The van der Waals surface area contributed by atoms with Gasteiger partial charge in [-0.25, -0.2) is 0 Å². The first-order valence-corrected chi connectivity index (χ1v) is 10.8. The molecule has 2 bridgehead atoms. The van der Waals surface area contributed by atoms with Gasteiger partial charge in [0.15, 0.2) is 0 Å². The van der Waals surface area contributed by atoms with Crippen molar-refractivity contribution in [2.75, 3.05) is 11.9 Å². The molecule has 0 spiro atoms. The predicted octanol–water partition coefficient (Wildman–Crippen LogP) is 3.45. The Morgan fingerprint density at radius 1 is 1.07 bits per heavy atom. The van der Waals surface area contributed by atoms with Crippen molar-refractivity contribution < 1.29 is 14.4 Å². The number of anilines is 1. The second-order valence-electron chi connectivity index (χ2n) is 8.63. The van der Waals surface area contributed by atoms with Crippen LogP contribution in [0.1, 0.15) is 24.0 Å². The number of benzene rings is 1. The highest BCUT2D eigenvalue weighted by atomic mass is 79.9. The summed E-state index contributed by atoms with van der Waals surface area (Å²) in [5.74, 6) is 0.957. The molecule has 3 amide bonds. The first kappa shape index (κ1) is 18.1. The van der Waals surface area contributed by atoms with E-state index in [9.17, 15) is 14.4 Å². The third-order valence-corrected chi connectivity index (χ3v) is 8.17. The molecule has 1 aromatic rings. The lowest BCUT2D eigenvalue weighted by atomic mass is 9.63. The first-order valence-electron chi connectivity index (χ1n) is 9.97. The Bertz CT molecular complexity index is 904. The quantitative estimate of drug-likeness (QED) is 0.573. The van der Waals surface area contributed by atoms with E-state index in [0.717, 1.165) is 27.7 Å². The summed E-state index contributed by atoms with van der Waals surface area (Å²) in [6.07, 6.45) is 5.62. The molecule has 1 saturated heterocycles. The van der Waals surface area contributed by atoms with Crippen LogP contribution in [-0.4, -0.2) is 29.2 Å². The summed E-state index contributed by atoms with van der Waals surface area (Å²) in [6, 6.07) is 3.77. The van der Waals surface area contributed by atoms with Crippen molar-refractivity contribution in [3.05, 3.63) is 39.9 Å². The molecular weight excluding hydrogens is 420 g/mol. The minimum atomic E-state index is -0.189. The first-order chi connectivity index (χ1) is 13.4. The minimum absolute atomic E-state index is 0.0665. The van der Waals surface area contributed by atoms with Crippen molar-refractivity contribution in [3.8, 4) is 0 Å². The zero-order chi connectivity index (χ0) is 19.7. The Kier molecular flexibility index (Phi) is 4.06. The maximum Gasteiger partial charge on any atom is 0.233 e. The fourth-order valence-corrected chi connectivity index (χ4v) is 6.02. The Morgan fingerprint density at radius 3 is 2.29 bits per heavy atom. The maximum atomic E-state index is 12.9. The van der Waals surface area contributed by atoms with Gasteiger partial charge < -0.3 is 5.32 Å². The van der Waals surface area contributed by atoms with E-state index in [4.69, 9.17) is 0 Å².